The minimum absolute atomic E-state index is 0.347. The molecule has 0 saturated heterocycles. The lowest BCUT2D eigenvalue weighted by atomic mass is 10.0. The van der Waals surface area contributed by atoms with Gasteiger partial charge in [0.15, 0.2) is 0 Å². The van der Waals surface area contributed by atoms with Gasteiger partial charge in [0.2, 0.25) is 0 Å². The van der Waals surface area contributed by atoms with Crippen molar-refractivity contribution in [3.63, 3.8) is 0 Å². The van der Waals surface area contributed by atoms with Crippen LogP contribution in [0.4, 0.5) is 5.69 Å². The van der Waals surface area contributed by atoms with E-state index in [0.717, 1.165) is 42.8 Å². The largest absolute Gasteiger partial charge is 0.496 e. The number of halogens is 1. The smallest absolute Gasteiger partial charge is 0.272 e. The van der Waals surface area contributed by atoms with Crippen LogP contribution in [0.5, 0.6) is 5.75 Å². The number of ether oxygens (including phenoxy) is 1. The molecule has 1 N–H and O–H groups in total. The molecule has 0 saturated carbocycles. The highest BCUT2D eigenvalue weighted by Gasteiger charge is 2.18. The van der Waals surface area contributed by atoms with Gasteiger partial charge in [0.25, 0.3) is 5.91 Å². The second kappa shape index (κ2) is 9.67. The van der Waals surface area contributed by atoms with Crippen molar-refractivity contribution < 1.29 is 9.53 Å². The van der Waals surface area contributed by atoms with Crippen LogP contribution in [-0.2, 0) is 13.0 Å². The number of nitrogens with one attached hydrogen (secondary N) is 1. The van der Waals surface area contributed by atoms with Crippen LogP contribution in [0.2, 0.25) is 5.02 Å². The molecule has 0 radical (unpaired) electrons. The fourth-order valence-electron chi connectivity index (χ4n) is 3.85. The summed E-state index contributed by atoms with van der Waals surface area (Å²) < 4.78 is 5.59. The molecule has 31 heavy (non-hydrogen) atoms. The first-order valence-corrected chi connectivity index (χ1v) is 10.6. The first-order chi connectivity index (χ1) is 15.2. The summed E-state index contributed by atoms with van der Waals surface area (Å²) in [5.41, 5.74) is 7.53. The normalized spacial score (nSPS) is 13.2. The Balaban J connectivity index is 1.50. The molecule has 1 amide bonds. The van der Waals surface area contributed by atoms with Gasteiger partial charge in [0.1, 0.15) is 5.75 Å². The van der Waals surface area contributed by atoms with Crippen LogP contribution in [0, 0.1) is 0 Å². The number of nitrogens with zero attached hydrogens (tertiary/aromatic N) is 2. The molecule has 0 fully saturated rings. The summed E-state index contributed by atoms with van der Waals surface area (Å²) in [5.74, 6) is 0.487. The number of hydrogen-bond donors (Lipinski definition) is 1. The molecule has 0 spiro atoms. The summed E-state index contributed by atoms with van der Waals surface area (Å²) in [6.45, 7) is 1.75. The van der Waals surface area contributed by atoms with E-state index in [9.17, 15) is 4.79 Å². The maximum absolute atomic E-state index is 12.3. The summed E-state index contributed by atoms with van der Waals surface area (Å²) in [6, 6.07) is 21.3. The number of benzene rings is 3. The third kappa shape index (κ3) is 4.89. The van der Waals surface area contributed by atoms with Gasteiger partial charge >= 0.3 is 0 Å². The summed E-state index contributed by atoms with van der Waals surface area (Å²) in [7, 11) is 1.68. The molecule has 0 bridgehead atoms. The highest BCUT2D eigenvalue weighted by molar-refractivity contribution is 6.33. The van der Waals surface area contributed by atoms with Gasteiger partial charge in [-0.2, -0.15) is 5.10 Å². The Morgan fingerprint density at radius 3 is 2.81 bits per heavy atom. The van der Waals surface area contributed by atoms with Crippen molar-refractivity contribution in [3.8, 4) is 5.75 Å². The third-order valence-corrected chi connectivity index (χ3v) is 5.70. The van der Waals surface area contributed by atoms with Crippen LogP contribution in [0.1, 0.15) is 33.5 Å². The maximum atomic E-state index is 12.3. The van der Waals surface area contributed by atoms with Gasteiger partial charge in [-0.15, -0.1) is 0 Å². The Bertz CT molecular complexity index is 1110. The number of para-hydroxylation sites is 1. The molecular formula is C25H24ClN3O2. The van der Waals surface area contributed by atoms with Gasteiger partial charge in [-0.05, 0) is 60.4 Å². The monoisotopic (exact) mass is 433 g/mol. The SMILES string of the molecule is COc1ccc(/C=N/NC(=O)c2ccccc2Cl)cc1CN1CCCc2ccccc21. The van der Waals surface area contributed by atoms with E-state index in [1.54, 1.807) is 37.6 Å². The second-order valence-corrected chi connectivity index (χ2v) is 7.81. The molecule has 0 unspecified atom stereocenters. The number of hydrogen-bond acceptors (Lipinski definition) is 4. The van der Waals surface area contributed by atoms with Crippen LogP contribution in [0.3, 0.4) is 0 Å². The van der Waals surface area contributed by atoms with E-state index in [0.29, 0.717) is 10.6 Å². The number of amides is 1. The Labute approximate surface area is 187 Å². The fraction of sp³-hybridized carbons (Fsp3) is 0.200. The summed E-state index contributed by atoms with van der Waals surface area (Å²) in [6.07, 6.45) is 3.87. The van der Waals surface area contributed by atoms with Gasteiger partial charge in [-0.1, -0.05) is 41.9 Å². The van der Waals surface area contributed by atoms with Gasteiger partial charge in [-0.3, -0.25) is 4.79 Å². The zero-order valence-electron chi connectivity index (χ0n) is 17.3. The lowest BCUT2D eigenvalue weighted by molar-refractivity contribution is 0.0955. The summed E-state index contributed by atoms with van der Waals surface area (Å²) in [5, 5.41) is 4.49. The van der Waals surface area contributed by atoms with Crippen molar-refractivity contribution in [2.45, 2.75) is 19.4 Å². The molecule has 0 aliphatic carbocycles. The quantitative estimate of drug-likeness (QED) is 0.436. The number of carbonyl (C=O) groups is 1. The minimum Gasteiger partial charge on any atom is -0.496 e. The van der Waals surface area contributed by atoms with Gasteiger partial charge in [0, 0.05) is 24.3 Å². The molecule has 5 nitrogen and oxygen atoms in total. The minimum atomic E-state index is -0.347. The zero-order chi connectivity index (χ0) is 21.6. The second-order valence-electron chi connectivity index (χ2n) is 7.40. The van der Waals surface area contributed by atoms with Crippen molar-refractivity contribution in [2.75, 3.05) is 18.6 Å². The standard InChI is InChI=1S/C25H24ClN3O2/c1-31-24-13-12-18(16-27-28-25(30)21-9-3-4-10-22(21)26)15-20(24)17-29-14-6-8-19-7-2-5-11-23(19)29/h2-5,7,9-13,15-16H,6,8,14,17H2,1H3,(H,28,30)/b27-16+. The topological polar surface area (TPSA) is 53.9 Å². The van der Waals surface area contributed by atoms with Crippen LogP contribution < -0.4 is 15.1 Å². The molecule has 158 valence electrons. The lowest BCUT2D eigenvalue weighted by Crippen LogP contribution is -2.29. The van der Waals surface area contributed by atoms with Crippen molar-refractivity contribution >= 4 is 29.4 Å². The van der Waals surface area contributed by atoms with E-state index in [4.69, 9.17) is 16.3 Å². The molecule has 1 aliphatic heterocycles. The third-order valence-electron chi connectivity index (χ3n) is 5.37. The van der Waals surface area contributed by atoms with E-state index in [-0.39, 0.29) is 5.91 Å². The Hall–Kier alpha value is -3.31. The highest BCUT2D eigenvalue weighted by atomic mass is 35.5. The van der Waals surface area contributed by atoms with E-state index >= 15 is 0 Å². The number of carbonyl (C=O) groups excluding carboxylic acids is 1. The molecule has 4 rings (SSSR count). The van der Waals surface area contributed by atoms with E-state index in [1.165, 1.54) is 11.3 Å². The van der Waals surface area contributed by atoms with Crippen molar-refractivity contribution in [2.24, 2.45) is 5.10 Å². The molecule has 1 aliphatic rings. The Kier molecular flexibility index (Phi) is 6.53. The van der Waals surface area contributed by atoms with Crippen LogP contribution in [-0.4, -0.2) is 25.8 Å². The Morgan fingerprint density at radius 1 is 1.16 bits per heavy atom. The van der Waals surface area contributed by atoms with Crippen LogP contribution >= 0.6 is 11.6 Å². The predicted molar refractivity (Wildman–Crippen MR) is 125 cm³/mol. The molecule has 3 aromatic carbocycles. The van der Waals surface area contributed by atoms with Gasteiger partial charge < -0.3 is 9.64 Å². The number of rotatable bonds is 6. The number of hydrazone groups is 1. The maximum Gasteiger partial charge on any atom is 0.272 e. The average molecular weight is 434 g/mol. The lowest BCUT2D eigenvalue weighted by Gasteiger charge is -2.31. The first kappa shape index (κ1) is 20.9. The van der Waals surface area contributed by atoms with E-state index in [2.05, 4.69) is 39.7 Å². The number of aryl methyl sites for hydroxylation is 1. The van der Waals surface area contributed by atoms with E-state index < -0.39 is 0 Å². The number of anilines is 1. The molecule has 0 atom stereocenters. The van der Waals surface area contributed by atoms with Crippen molar-refractivity contribution in [3.05, 3.63) is 94.0 Å². The predicted octanol–water partition coefficient (Wildman–Crippen LogP) is 5.07. The van der Waals surface area contributed by atoms with Crippen LogP contribution in [0.15, 0.2) is 71.8 Å². The fourth-order valence-corrected chi connectivity index (χ4v) is 4.08. The number of methoxy groups -OCH3 is 1. The zero-order valence-corrected chi connectivity index (χ0v) is 18.1. The molecule has 6 heteroatoms. The van der Waals surface area contributed by atoms with Crippen LogP contribution in [0.25, 0.3) is 0 Å². The van der Waals surface area contributed by atoms with E-state index in [1.807, 2.05) is 18.2 Å². The summed E-state index contributed by atoms with van der Waals surface area (Å²) in [4.78, 5) is 14.7. The highest BCUT2D eigenvalue weighted by Crippen LogP contribution is 2.30. The van der Waals surface area contributed by atoms with Gasteiger partial charge in [-0.25, -0.2) is 5.43 Å². The molecular weight excluding hydrogens is 410 g/mol. The van der Waals surface area contributed by atoms with Crippen molar-refractivity contribution in [1.82, 2.24) is 5.43 Å². The number of fused-ring (bicyclic) bond motifs is 1. The Morgan fingerprint density at radius 2 is 1.97 bits per heavy atom. The first-order valence-electron chi connectivity index (χ1n) is 10.2. The molecule has 0 aromatic heterocycles. The average Bonchev–Trinajstić information content (AvgIpc) is 2.80. The molecule has 1 heterocycles. The molecule has 3 aromatic rings. The van der Waals surface area contributed by atoms with Crippen molar-refractivity contribution in [1.29, 1.82) is 0 Å². The van der Waals surface area contributed by atoms with Gasteiger partial charge in [0.05, 0.1) is 23.9 Å². The summed E-state index contributed by atoms with van der Waals surface area (Å²) >= 11 is 6.07.